The molecule has 1 fully saturated rings. The number of nitrogens with one attached hydrogen (secondary N) is 2. The molecule has 1 aliphatic rings. The minimum absolute atomic E-state index is 0.0270. The third kappa shape index (κ3) is 1.93. The average molecular weight is 235 g/mol. The highest BCUT2D eigenvalue weighted by molar-refractivity contribution is 5.88. The van der Waals surface area contributed by atoms with E-state index in [-0.39, 0.29) is 11.6 Å². The van der Waals surface area contributed by atoms with Crippen molar-refractivity contribution in [1.82, 2.24) is 15.3 Å². The van der Waals surface area contributed by atoms with Crippen LogP contribution >= 0.6 is 0 Å². The van der Waals surface area contributed by atoms with Gasteiger partial charge in [0.05, 0.1) is 11.7 Å². The minimum Gasteiger partial charge on any atom is -0.477 e. The van der Waals surface area contributed by atoms with Crippen molar-refractivity contribution < 1.29 is 14.7 Å². The molecule has 0 unspecified atom stereocenters. The molecule has 3 N–H and O–H groups in total. The highest BCUT2D eigenvalue weighted by atomic mass is 16.4. The molecule has 6 nitrogen and oxygen atoms in total. The van der Waals surface area contributed by atoms with Gasteiger partial charge in [-0.05, 0) is 25.3 Å². The van der Waals surface area contributed by atoms with Crippen LogP contribution in [0.1, 0.15) is 35.6 Å². The van der Waals surface area contributed by atoms with E-state index >= 15 is 0 Å². The number of aromatic amines is 1. The van der Waals surface area contributed by atoms with Gasteiger partial charge in [0.25, 0.3) is 0 Å². The van der Waals surface area contributed by atoms with Crippen LogP contribution in [0.2, 0.25) is 0 Å². The van der Waals surface area contributed by atoms with Gasteiger partial charge in [-0.15, -0.1) is 0 Å². The summed E-state index contributed by atoms with van der Waals surface area (Å²) in [6.45, 7) is 3.39. The van der Waals surface area contributed by atoms with Crippen molar-refractivity contribution >= 4 is 11.9 Å². The minimum atomic E-state index is -1.06. The molecule has 1 amide bonds. The molecule has 0 saturated heterocycles. The highest BCUT2D eigenvalue weighted by Gasteiger charge is 2.42. The number of carbonyl (C=O) groups is 2. The van der Waals surface area contributed by atoms with Crippen LogP contribution in [0.5, 0.6) is 0 Å². The van der Waals surface area contributed by atoms with Crippen molar-refractivity contribution in [2.45, 2.75) is 24.8 Å². The zero-order chi connectivity index (χ0) is 12.5. The maximum absolute atomic E-state index is 11.3. The van der Waals surface area contributed by atoms with E-state index in [9.17, 15) is 9.59 Å². The highest BCUT2D eigenvalue weighted by Crippen LogP contribution is 2.39. The monoisotopic (exact) mass is 235 g/mol. The van der Waals surface area contributed by atoms with Crippen molar-refractivity contribution in [3.63, 3.8) is 0 Å². The van der Waals surface area contributed by atoms with Crippen molar-refractivity contribution in [3.8, 4) is 0 Å². The molecule has 17 heavy (non-hydrogen) atoms. The maximum atomic E-state index is 11.3. The first-order valence-electron chi connectivity index (χ1n) is 5.31. The van der Waals surface area contributed by atoms with Crippen LogP contribution in [-0.4, -0.2) is 27.0 Å². The summed E-state index contributed by atoms with van der Waals surface area (Å²) in [7, 11) is 0. The second kappa shape index (κ2) is 4.04. The Hall–Kier alpha value is -2.11. The first-order chi connectivity index (χ1) is 8.07. The Kier molecular flexibility index (Phi) is 2.71. The summed E-state index contributed by atoms with van der Waals surface area (Å²) in [5.74, 6) is -0.845. The van der Waals surface area contributed by atoms with Crippen molar-refractivity contribution in [3.05, 3.63) is 30.4 Å². The van der Waals surface area contributed by atoms with E-state index < -0.39 is 11.5 Å². The number of imidazole rings is 1. The fourth-order valence-corrected chi connectivity index (χ4v) is 1.91. The van der Waals surface area contributed by atoms with Crippen molar-refractivity contribution in [1.29, 1.82) is 0 Å². The number of aromatic carboxylic acids is 1. The number of nitrogens with zero attached hydrogens (tertiary/aromatic N) is 1. The van der Waals surface area contributed by atoms with Crippen LogP contribution in [0.25, 0.3) is 0 Å². The Morgan fingerprint density at radius 1 is 1.59 bits per heavy atom. The van der Waals surface area contributed by atoms with E-state index in [4.69, 9.17) is 5.11 Å². The van der Waals surface area contributed by atoms with E-state index in [2.05, 4.69) is 21.9 Å². The van der Waals surface area contributed by atoms with Crippen LogP contribution in [0.4, 0.5) is 0 Å². The molecule has 1 aromatic rings. The lowest BCUT2D eigenvalue weighted by Crippen LogP contribution is -2.51. The molecule has 0 aliphatic heterocycles. The number of carbonyl (C=O) groups excluding carboxylic acids is 1. The Morgan fingerprint density at radius 2 is 2.29 bits per heavy atom. The van der Waals surface area contributed by atoms with Gasteiger partial charge in [-0.3, -0.25) is 4.79 Å². The number of carboxylic acid groups (broad SMARTS) is 1. The Labute approximate surface area is 97.8 Å². The van der Waals surface area contributed by atoms with Gasteiger partial charge >= 0.3 is 5.97 Å². The summed E-state index contributed by atoms with van der Waals surface area (Å²) in [5, 5.41) is 11.6. The summed E-state index contributed by atoms with van der Waals surface area (Å²) < 4.78 is 0. The van der Waals surface area contributed by atoms with Crippen LogP contribution in [0.15, 0.2) is 18.9 Å². The van der Waals surface area contributed by atoms with E-state index in [0.29, 0.717) is 5.82 Å². The summed E-state index contributed by atoms with van der Waals surface area (Å²) in [4.78, 5) is 28.9. The first kappa shape index (κ1) is 11.4. The molecule has 90 valence electrons. The summed E-state index contributed by atoms with van der Waals surface area (Å²) in [6.07, 6.45) is 4.93. The van der Waals surface area contributed by atoms with E-state index in [1.165, 1.54) is 12.3 Å². The topological polar surface area (TPSA) is 95.1 Å². The van der Waals surface area contributed by atoms with Gasteiger partial charge in [0.15, 0.2) is 0 Å². The molecule has 0 spiro atoms. The third-order valence-electron chi connectivity index (χ3n) is 3.01. The predicted octanol–water partition coefficient (Wildman–Crippen LogP) is 0.789. The van der Waals surface area contributed by atoms with Gasteiger partial charge in [0.2, 0.25) is 5.91 Å². The second-order valence-electron chi connectivity index (χ2n) is 4.08. The van der Waals surface area contributed by atoms with E-state index in [0.717, 1.165) is 19.3 Å². The molecule has 0 bridgehead atoms. The van der Waals surface area contributed by atoms with Crippen LogP contribution in [0.3, 0.4) is 0 Å². The fourth-order valence-electron chi connectivity index (χ4n) is 1.91. The van der Waals surface area contributed by atoms with Gasteiger partial charge in [-0.25, -0.2) is 9.78 Å². The lowest BCUT2D eigenvalue weighted by molar-refractivity contribution is -0.119. The van der Waals surface area contributed by atoms with E-state index in [1.54, 1.807) is 0 Å². The van der Waals surface area contributed by atoms with Crippen LogP contribution in [-0.2, 0) is 10.3 Å². The van der Waals surface area contributed by atoms with Gasteiger partial charge in [-0.1, -0.05) is 6.58 Å². The molecule has 2 rings (SSSR count). The lowest BCUT2D eigenvalue weighted by Gasteiger charge is -2.40. The van der Waals surface area contributed by atoms with Gasteiger partial charge in [0.1, 0.15) is 11.5 Å². The van der Waals surface area contributed by atoms with Crippen LogP contribution < -0.4 is 5.32 Å². The van der Waals surface area contributed by atoms with Gasteiger partial charge < -0.3 is 15.4 Å². The number of H-pyrrole nitrogens is 1. The lowest BCUT2D eigenvalue weighted by atomic mass is 9.76. The Balaban J connectivity index is 2.24. The number of hydrogen-bond acceptors (Lipinski definition) is 3. The largest absolute Gasteiger partial charge is 0.477 e. The van der Waals surface area contributed by atoms with Gasteiger partial charge in [-0.2, -0.15) is 0 Å². The third-order valence-corrected chi connectivity index (χ3v) is 3.01. The number of amides is 1. The molecule has 1 aromatic heterocycles. The Bertz CT molecular complexity index is 474. The normalized spacial score (nSPS) is 16.9. The molecular formula is C11H13N3O3. The maximum Gasteiger partial charge on any atom is 0.353 e. The molecule has 1 saturated carbocycles. The Morgan fingerprint density at radius 3 is 2.71 bits per heavy atom. The van der Waals surface area contributed by atoms with Crippen LogP contribution in [0, 0.1) is 0 Å². The molecule has 0 atom stereocenters. The molecular weight excluding hydrogens is 222 g/mol. The SMILES string of the molecule is C=CC(=O)NC1(c2ncc(C(=O)O)[nH]2)CCC1. The quantitative estimate of drug-likeness (QED) is 0.672. The fraction of sp³-hybridized carbons (Fsp3) is 0.364. The molecule has 0 aromatic carbocycles. The number of carboxylic acids is 1. The van der Waals surface area contributed by atoms with Gasteiger partial charge in [0, 0.05) is 0 Å². The molecule has 1 heterocycles. The predicted molar refractivity (Wildman–Crippen MR) is 59.4 cm³/mol. The number of aromatic nitrogens is 2. The summed E-state index contributed by atoms with van der Waals surface area (Å²) in [5.41, 5.74) is -0.530. The number of hydrogen-bond donors (Lipinski definition) is 3. The van der Waals surface area contributed by atoms with E-state index in [1.807, 2.05) is 0 Å². The first-order valence-corrected chi connectivity index (χ1v) is 5.31. The molecule has 6 heteroatoms. The summed E-state index contributed by atoms with van der Waals surface area (Å²) in [6, 6.07) is 0. The van der Waals surface area contributed by atoms with Crippen molar-refractivity contribution in [2.75, 3.05) is 0 Å². The summed E-state index contributed by atoms with van der Waals surface area (Å²) >= 11 is 0. The zero-order valence-corrected chi connectivity index (χ0v) is 9.19. The number of rotatable bonds is 4. The smallest absolute Gasteiger partial charge is 0.353 e. The molecule has 1 aliphatic carbocycles. The van der Waals surface area contributed by atoms with Crippen molar-refractivity contribution in [2.24, 2.45) is 0 Å². The second-order valence-corrected chi connectivity index (χ2v) is 4.08. The zero-order valence-electron chi connectivity index (χ0n) is 9.19. The standard InChI is InChI=1S/C11H13N3O3/c1-2-8(15)14-11(4-3-5-11)10-12-6-7(13-10)9(16)17/h2,6H,1,3-5H2,(H,12,13)(H,14,15)(H,16,17). The average Bonchev–Trinajstić information content (AvgIpc) is 2.72. The molecule has 0 radical (unpaired) electrons.